The molecule has 2 atom stereocenters. The van der Waals surface area contributed by atoms with E-state index in [2.05, 4.69) is 13.0 Å². The molecular formula is C26H45NaO4. The first-order valence-corrected chi connectivity index (χ1v) is 12.7. The van der Waals surface area contributed by atoms with Crippen LogP contribution in [0.2, 0.25) is 0 Å². The SMILES string of the molecule is CCCCCCCCCCCCCCC/C=C/COC(=O)C1CCCCC1C(=O)[O-].[Na+]. The molecule has 4 nitrogen and oxygen atoms in total. The summed E-state index contributed by atoms with van der Waals surface area (Å²) in [4.78, 5) is 23.3. The molecule has 0 aromatic carbocycles. The molecule has 0 amide bonds. The Balaban J connectivity index is 0.00000900. The average Bonchev–Trinajstić information content (AvgIpc) is 2.75. The van der Waals surface area contributed by atoms with E-state index in [4.69, 9.17) is 4.74 Å². The first kappa shape index (κ1) is 30.7. The third-order valence-corrected chi connectivity index (χ3v) is 6.33. The first-order valence-electron chi connectivity index (χ1n) is 12.7. The number of aliphatic carboxylic acids is 1. The number of hydrogen-bond donors (Lipinski definition) is 0. The van der Waals surface area contributed by atoms with Crippen LogP contribution >= 0.6 is 0 Å². The van der Waals surface area contributed by atoms with Crippen LogP contribution in [-0.2, 0) is 14.3 Å². The summed E-state index contributed by atoms with van der Waals surface area (Å²) in [5.74, 6) is -2.71. The molecule has 0 saturated heterocycles. The van der Waals surface area contributed by atoms with E-state index in [1.54, 1.807) is 0 Å². The fraction of sp³-hybridized carbons (Fsp3) is 0.846. The number of carbonyl (C=O) groups excluding carboxylic acids is 2. The van der Waals surface area contributed by atoms with E-state index >= 15 is 0 Å². The number of carboxylic acids is 1. The zero-order chi connectivity index (χ0) is 21.9. The molecular weight excluding hydrogens is 399 g/mol. The summed E-state index contributed by atoms with van der Waals surface area (Å²) in [5.41, 5.74) is 0. The molecule has 0 heterocycles. The Morgan fingerprint density at radius 1 is 0.774 bits per heavy atom. The smallest absolute Gasteiger partial charge is 0.550 e. The van der Waals surface area contributed by atoms with Gasteiger partial charge in [-0.2, -0.15) is 0 Å². The molecule has 1 saturated carbocycles. The third-order valence-electron chi connectivity index (χ3n) is 6.33. The number of esters is 1. The van der Waals surface area contributed by atoms with Crippen LogP contribution in [0.1, 0.15) is 122 Å². The number of ether oxygens (including phenoxy) is 1. The van der Waals surface area contributed by atoms with Crippen LogP contribution in [0.4, 0.5) is 0 Å². The molecule has 0 spiro atoms. The van der Waals surface area contributed by atoms with Gasteiger partial charge >= 0.3 is 35.5 Å². The molecule has 5 heteroatoms. The molecule has 0 aromatic heterocycles. The van der Waals surface area contributed by atoms with Gasteiger partial charge in [-0.15, -0.1) is 0 Å². The topological polar surface area (TPSA) is 66.4 Å². The van der Waals surface area contributed by atoms with E-state index in [9.17, 15) is 14.7 Å². The Bertz CT molecular complexity index is 478. The zero-order valence-corrected chi connectivity index (χ0v) is 22.4. The summed E-state index contributed by atoms with van der Waals surface area (Å²) >= 11 is 0. The Morgan fingerprint density at radius 3 is 1.77 bits per heavy atom. The minimum absolute atomic E-state index is 0. The fourth-order valence-electron chi connectivity index (χ4n) is 4.40. The van der Waals surface area contributed by atoms with Crippen molar-refractivity contribution in [3.63, 3.8) is 0 Å². The van der Waals surface area contributed by atoms with Crippen LogP contribution < -0.4 is 34.7 Å². The number of rotatable bonds is 18. The van der Waals surface area contributed by atoms with E-state index in [0.29, 0.717) is 12.8 Å². The van der Waals surface area contributed by atoms with Gasteiger partial charge in [0, 0.05) is 11.9 Å². The van der Waals surface area contributed by atoms with Crippen LogP contribution in [0.5, 0.6) is 0 Å². The predicted molar refractivity (Wildman–Crippen MR) is 121 cm³/mol. The van der Waals surface area contributed by atoms with Gasteiger partial charge in [-0.05, 0) is 25.7 Å². The Hall–Kier alpha value is -0.320. The predicted octanol–water partition coefficient (Wildman–Crippen LogP) is 3.13. The summed E-state index contributed by atoms with van der Waals surface area (Å²) in [6.07, 6.45) is 25.5. The van der Waals surface area contributed by atoms with E-state index in [0.717, 1.165) is 19.3 Å². The molecule has 174 valence electrons. The van der Waals surface area contributed by atoms with E-state index in [1.807, 2.05) is 6.08 Å². The van der Waals surface area contributed by atoms with E-state index in [1.165, 1.54) is 83.5 Å². The van der Waals surface area contributed by atoms with Crippen LogP contribution in [0.25, 0.3) is 0 Å². The second kappa shape index (κ2) is 21.5. The maximum Gasteiger partial charge on any atom is 1.00 e. The van der Waals surface area contributed by atoms with Gasteiger partial charge in [0.15, 0.2) is 0 Å². The fourth-order valence-corrected chi connectivity index (χ4v) is 4.40. The molecule has 1 aliphatic rings. The van der Waals surface area contributed by atoms with Crippen molar-refractivity contribution >= 4 is 11.9 Å². The van der Waals surface area contributed by atoms with Crippen LogP contribution in [0.15, 0.2) is 12.2 Å². The van der Waals surface area contributed by atoms with Crippen molar-refractivity contribution in [1.29, 1.82) is 0 Å². The van der Waals surface area contributed by atoms with Crippen molar-refractivity contribution in [3.05, 3.63) is 12.2 Å². The Morgan fingerprint density at radius 2 is 1.26 bits per heavy atom. The van der Waals surface area contributed by atoms with Crippen molar-refractivity contribution in [1.82, 2.24) is 0 Å². The zero-order valence-electron chi connectivity index (χ0n) is 20.4. The second-order valence-corrected chi connectivity index (χ2v) is 8.95. The summed E-state index contributed by atoms with van der Waals surface area (Å²) in [5, 5.41) is 11.2. The largest absolute Gasteiger partial charge is 1.00 e. The van der Waals surface area contributed by atoms with Gasteiger partial charge < -0.3 is 14.6 Å². The maximum atomic E-state index is 12.1. The average molecular weight is 445 g/mol. The molecule has 0 aromatic rings. The van der Waals surface area contributed by atoms with Gasteiger partial charge in [0.1, 0.15) is 6.61 Å². The minimum Gasteiger partial charge on any atom is -0.550 e. The maximum absolute atomic E-state index is 12.1. The van der Waals surface area contributed by atoms with Crippen molar-refractivity contribution < 1.29 is 49.0 Å². The standard InChI is InChI=1S/C26H46O4.Na/c1-2-3-4-5-6-7-8-9-10-11-12-13-14-15-16-19-22-30-26(29)24-21-18-17-20-23(24)25(27)28;/h16,19,23-24H,2-15,17-18,20-22H2,1H3,(H,27,28);/q;+1/p-1/b19-16+;. The number of carboxylic acid groups (broad SMARTS) is 1. The molecule has 1 rings (SSSR count). The van der Waals surface area contributed by atoms with Crippen molar-refractivity contribution in [2.45, 2.75) is 122 Å². The van der Waals surface area contributed by atoms with Crippen LogP contribution in [0, 0.1) is 11.8 Å². The van der Waals surface area contributed by atoms with Gasteiger partial charge in [-0.1, -0.05) is 109 Å². The van der Waals surface area contributed by atoms with Crippen molar-refractivity contribution in [2.24, 2.45) is 11.8 Å². The molecule has 1 aliphatic carbocycles. The summed E-state index contributed by atoms with van der Waals surface area (Å²) in [6, 6.07) is 0. The van der Waals surface area contributed by atoms with Crippen molar-refractivity contribution in [2.75, 3.05) is 6.61 Å². The second-order valence-electron chi connectivity index (χ2n) is 8.95. The third kappa shape index (κ3) is 16.0. The number of unbranched alkanes of at least 4 members (excludes halogenated alkanes) is 13. The number of allylic oxidation sites excluding steroid dienone is 1. The molecule has 0 radical (unpaired) electrons. The molecule has 0 aliphatic heterocycles. The van der Waals surface area contributed by atoms with E-state index in [-0.39, 0.29) is 42.1 Å². The summed E-state index contributed by atoms with van der Waals surface area (Å²) < 4.78 is 5.26. The van der Waals surface area contributed by atoms with Crippen LogP contribution in [0.3, 0.4) is 0 Å². The molecule has 0 bridgehead atoms. The van der Waals surface area contributed by atoms with Crippen LogP contribution in [-0.4, -0.2) is 18.5 Å². The number of carbonyl (C=O) groups is 2. The molecule has 1 fully saturated rings. The van der Waals surface area contributed by atoms with Gasteiger partial charge in [-0.25, -0.2) is 0 Å². The number of hydrogen-bond acceptors (Lipinski definition) is 4. The molecule has 31 heavy (non-hydrogen) atoms. The van der Waals surface area contributed by atoms with Crippen molar-refractivity contribution in [3.8, 4) is 0 Å². The Kier molecular flexibility index (Phi) is 21.3. The van der Waals surface area contributed by atoms with E-state index < -0.39 is 17.8 Å². The normalized spacial score (nSPS) is 18.6. The quantitative estimate of drug-likeness (QED) is 0.141. The first-order chi connectivity index (χ1) is 14.7. The molecule has 2 unspecified atom stereocenters. The van der Waals surface area contributed by atoms with Gasteiger partial charge in [0.05, 0.1) is 5.92 Å². The van der Waals surface area contributed by atoms with Gasteiger partial charge in [-0.3, -0.25) is 4.79 Å². The summed E-state index contributed by atoms with van der Waals surface area (Å²) in [6.45, 7) is 2.51. The Labute approximate surface area is 213 Å². The minimum atomic E-state index is -1.12. The monoisotopic (exact) mass is 444 g/mol. The molecule has 0 N–H and O–H groups in total. The van der Waals surface area contributed by atoms with Gasteiger partial charge in [0.25, 0.3) is 0 Å². The van der Waals surface area contributed by atoms with Gasteiger partial charge in [0.2, 0.25) is 0 Å². The summed E-state index contributed by atoms with van der Waals surface area (Å²) in [7, 11) is 0.